The van der Waals surface area contributed by atoms with Crippen molar-refractivity contribution in [2.45, 2.75) is 391 Å². The molecule has 0 amide bonds. The van der Waals surface area contributed by atoms with Gasteiger partial charge < -0.3 is 118 Å². The number of methoxy groups -OCH3 is 3. The van der Waals surface area contributed by atoms with Crippen molar-refractivity contribution in [2.24, 2.45) is 0 Å². The van der Waals surface area contributed by atoms with Gasteiger partial charge in [-0.3, -0.25) is 0 Å². The third kappa shape index (κ3) is 88.4. The molecule has 0 spiro atoms. The predicted molar refractivity (Wildman–Crippen MR) is 573 cm³/mol. The van der Waals surface area contributed by atoms with Crippen LogP contribution in [0.4, 0.5) is 0 Å². The molecule has 0 fully saturated rings. The Kier molecular flexibility index (Phi) is 106. The van der Waals surface area contributed by atoms with Crippen LogP contribution in [-0.4, -0.2) is 277 Å². The Morgan fingerprint density at radius 3 is 0.657 bits per heavy atom. The molecule has 0 rings (SSSR count). The van der Waals surface area contributed by atoms with Gasteiger partial charge in [0.15, 0.2) is 0 Å². The largest absolute Gasteiger partial charge is 0.529 e. The number of hydrogen-bond donors (Lipinski definition) is 0. The lowest BCUT2D eigenvalue weighted by Gasteiger charge is -2.34. The number of esters is 5. The minimum absolute atomic E-state index is 0.0159. The zero-order valence-corrected chi connectivity index (χ0v) is 99.5. The van der Waals surface area contributed by atoms with Crippen LogP contribution in [0.1, 0.15) is 342 Å². The smallest absolute Gasteiger partial charge is 0.462 e. The summed E-state index contributed by atoms with van der Waals surface area (Å²) < 4.78 is 145. The van der Waals surface area contributed by atoms with E-state index in [1.165, 1.54) is 135 Å². The van der Waals surface area contributed by atoms with Crippen LogP contribution in [0.15, 0.2) is 73.0 Å². The first-order valence-electron chi connectivity index (χ1n) is 52.2. The summed E-state index contributed by atoms with van der Waals surface area (Å²) in [5, 5.41) is 0. The Balaban J connectivity index is -0.000000401. The van der Waals surface area contributed by atoms with Crippen molar-refractivity contribution in [1.82, 2.24) is 0 Å². The highest BCUT2D eigenvalue weighted by molar-refractivity contribution is 6.66. The van der Waals surface area contributed by atoms with Gasteiger partial charge >= 0.3 is 82.7 Å². The molecule has 0 aromatic rings. The zero-order valence-electron chi connectivity index (χ0n) is 93.5. The number of ether oxygens (including phenoxy) is 8. The van der Waals surface area contributed by atoms with E-state index in [2.05, 4.69) is 60.2 Å². The van der Waals surface area contributed by atoms with Crippen LogP contribution in [0.25, 0.3) is 0 Å². The normalized spacial score (nSPS) is 11.7. The molecule has 0 aromatic carbocycles. The number of hydrogen-bond acceptors (Lipinski definition) is 31. The van der Waals surface area contributed by atoms with Crippen molar-refractivity contribution in [3.8, 4) is 0 Å². The highest BCUT2D eigenvalue weighted by Gasteiger charge is 2.46. The summed E-state index contributed by atoms with van der Waals surface area (Å²) in [6, 6.07) is 3.43. The summed E-state index contributed by atoms with van der Waals surface area (Å²) in [5.74, 6) is -1.73. The molecule has 0 saturated heterocycles. The van der Waals surface area contributed by atoms with Gasteiger partial charge in [-0.2, -0.15) is 0 Å². The number of rotatable bonds is 92. The van der Waals surface area contributed by atoms with Gasteiger partial charge in [0, 0.05) is 180 Å². The minimum Gasteiger partial charge on any atom is -0.462 e. The second-order valence-corrected chi connectivity index (χ2v) is 51.7. The van der Waals surface area contributed by atoms with Gasteiger partial charge in [-0.15, -0.1) is 0 Å². The van der Waals surface area contributed by atoms with Crippen LogP contribution in [-0.2, 0) is 142 Å². The predicted octanol–water partition coefficient (Wildman–Crippen LogP) is 23.9. The molecule has 830 valence electrons. The van der Waals surface area contributed by atoms with Crippen LogP contribution < -0.4 is 0 Å². The first kappa shape index (κ1) is 147. The molecule has 37 heteroatoms. The molecular weight excluding hydrogens is 1900 g/mol. The van der Waals surface area contributed by atoms with Gasteiger partial charge in [0.25, 0.3) is 0 Å². The molecular formula is C103H208O31Si6. The van der Waals surface area contributed by atoms with E-state index in [9.17, 15) is 24.0 Å². The molecule has 0 heterocycles. The standard InChI is InChI=1S/C37H74O5Si.C16H32O5Si.C15H30O5Si.C14H28O5Si.C11H24O6Si.C10H20O5Si/c1-6-9-12-15-18-21-24-27-32-40-43(35-30-31-39-37(38)36(4)5,41-33-28-25-22-19-16-13-10-7-2)42-34-29-26-23-20-17-14-11-8-3;1-12(2)16(17)18-10-9-11-22(19-13(3)4,20-14(5)6)21-15(7)8;1-14(2)15(16)20-12-10-8-6-7-9-11-13-21(17-3,18-4)19-5;1-6-10-19-20(17-7-2,18-8-3)12-9-11-16-14(15)13(4)5;1-5-18(15-9-6-12-2,16-10-7-13-3)17-11-8-14-4;1-9(2)10(11)15-7-6-8-16(12-3,13-4)14-5/h4,6-35H2,1-3,5H3;13-15H,1,9-11H2,2-8H3;1,6-13H2,2-5H3;4,6-12H2,1-3,5H3;5H,1,6-11H2,2-4H3;1,6-8H2,2-5H3. The molecule has 0 aliphatic carbocycles. The fourth-order valence-electron chi connectivity index (χ4n) is 13.1. The van der Waals surface area contributed by atoms with Crippen molar-refractivity contribution >= 4 is 82.7 Å². The minimum atomic E-state index is -2.87. The first-order valence-corrected chi connectivity index (χ1v) is 63.7. The van der Waals surface area contributed by atoms with Crippen molar-refractivity contribution in [1.29, 1.82) is 0 Å². The average Bonchev–Trinajstić information content (AvgIpc) is 0.907. The summed E-state index contributed by atoms with van der Waals surface area (Å²) in [6.07, 6.45) is 40.7. The van der Waals surface area contributed by atoms with Gasteiger partial charge in [-0.1, -0.05) is 228 Å². The first-order chi connectivity index (χ1) is 66.9. The zero-order chi connectivity index (χ0) is 107. The van der Waals surface area contributed by atoms with Crippen LogP contribution in [0, 0.1) is 0 Å². The molecule has 0 N–H and O–H groups in total. The third-order valence-electron chi connectivity index (χ3n) is 20.6. The molecule has 140 heavy (non-hydrogen) atoms. The SMILES string of the molecule is C=C(C)C(=O)OCCCCCCCC[Si](OC)(OC)OC.C=C(C)C(=O)OCCC[Si](OC(C)C)(OC(C)C)OC(C)C.C=C(C)C(=O)OCCC[Si](OC)(OC)OC.C=C(C)C(=O)OCCC[Si](OCC)(OCC)OCCC.C=C(C)C(=O)OCCC[Si](OCCCCCCCCCC)(OCCCCCCCCCC)OCCCCCCCCCC.C=C[Si](OCCOC)(OCCOC)OCCOC. The molecule has 0 aliphatic heterocycles. The second kappa shape index (κ2) is 101. The molecule has 0 bridgehead atoms. The number of unbranched alkanes of at least 4 members (excludes halogenated alkanes) is 26. The third-order valence-corrected chi connectivity index (χ3v) is 38.0. The Labute approximate surface area is 859 Å². The number of carbonyl (C=O) groups excluding carboxylic acids is 5. The van der Waals surface area contributed by atoms with Crippen molar-refractivity contribution in [3.63, 3.8) is 0 Å². The van der Waals surface area contributed by atoms with E-state index in [1.54, 1.807) is 104 Å². The van der Waals surface area contributed by atoms with Gasteiger partial charge in [0.05, 0.1) is 72.7 Å². The quantitative estimate of drug-likeness (QED) is 0.0179. The van der Waals surface area contributed by atoms with E-state index in [4.69, 9.17) is 118 Å². The lowest BCUT2D eigenvalue weighted by molar-refractivity contribution is -0.139. The fraction of sp³-hybridized carbons (Fsp3) is 0.835. The highest BCUT2D eigenvalue weighted by Crippen LogP contribution is 2.28. The van der Waals surface area contributed by atoms with E-state index in [0.717, 1.165) is 70.3 Å². The van der Waals surface area contributed by atoms with E-state index in [0.29, 0.717) is 190 Å². The topological polar surface area (TPSA) is 325 Å². The Hall–Kier alpha value is -3.75. The molecule has 0 saturated carbocycles. The lowest BCUT2D eigenvalue weighted by Crippen LogP contribution is -2.50. The summed E-state index contributed by atoms with van der Waals surface area (Å²) in [5.41, 5.74) is 3.70. The molecule has 31 nitrogen and oxygen atoms in total. The second-order valence-electron chi connectivity index (χ2n) is 35.0. The molecule has 0 aromatic heterocycles. The van der Waals surface area contributed by atoms with Crippen LogP contribution in [0.5, 0.6) is 0 Å². The maximum atomic E-state index is 11.9. The summed E-state index contributed by atoms with van der Waals surface area (Å²) >= 11 is 0. The van der Waals surface area contributed by atoms with E-state index in [-0.39, 0.29) is 48.2 Å². The van der Waals surface area contributed by atoms with Crippen LogP contribution in [0.2, 0.25) is 30.2 Å². The van der Waals surface area contributed by atoms with Gasteiger partial charge in [-0.05, 0) is 160 Å². The summed E-state index contributed by atoms with van der Waals surface area (Å²) in [4.78, 5) is 56.8. The number of carbonyl (C=O) groups is 5. The van der Waals surface area contributed by atoms with Crippen LogP contribution >= 0.6 is 0 Å². The summed E-state index contributed by atoms with van der Waals surface area (Å²) in [7, 11) is -1.64. The van der Waals surface area contributed by atoms with E-state index >= 15 is 0 Å². The van der Waals surface area contributed by atoms with Gasteiger partial charge in [0.2, 0.25) is 0 Å². The van der Waals surface area contributed by atoms with Crippen molar-refractivity contribution < 1.29 is 142 Å². The average molecular weight is 2110 g/mol. The summed E-state index contributed by atoms with van der Waals surface area (Å²) in [6.45, 7) is 62.6. The molecule has 0 aliphatic rings. The Morgan fingerprint density at radius 1 is 0.229 bits per heavy atom. The Bertz CT molecular complexity index is 2840. The van der Waals surface area contributed by atoms with Crippen molar-refractivity contribution in [3.05, 3.63) is 73.0 Å². The lowest BCUT2D eigenvalue weighted by atomic mass is 10.1. The molecule has 0 atom stereocenters. The van der Waals surface area contributed by atoms with Gasteiger partial charge in [-0.25, -0.2) is 24.0 Å². The van der Waals surface area contributed by atoms with E-state index < -0.39 is 52.8 Å². The molecule has 0 radical (unpaired) electrons. The van der Waals surface area contributed by atoms with Gasteiger partial charge in [0.1, 0.15) is 0 Å². The monoisotopic (exact) mass is 2110 g/mol. The maximum Gasteiger partial charge on any atom is 0.529 e. The maximum absolute atomic E-state index is 11.9. The highest BCUT2D eigenvalue weighted by atomic mass is 28.4. The molecule has 0 unspecified atom stereocenters. The Morgan fingerprint density at radius 2 is 0.436 bits per heavy atom. The van der Waals surface area contributed by atoms with Crippen LogP contribution in [0.3, 0.4) is 0 Å². The fourth-order valence-corrected chi connectivity index (χ4v) is 26.8. The van der Waals surface area contributed by atoms with E-state index in [1.807, 2.05) is 62.3 Å². The van der Waals surface area contributed by atoms with Crippen molar-refractivity contribution in [2.75, 3.05) is 176 Å².